The molecule has 1 heteroatoms. The van der Waals surface area contributed by atoms with Crippen molar-refractivity contribution in [1.29, 1.82) is 0 Å². The molecular formula is C10H12S. The first-order valence-electron chi connectivity index (χ1n) is 3.94. The number of hydrogen-bond donors (Lipinski definition) is 0. The van der Waals surface area contributed by atoms with Crippen LogP contribution in [0.2, 0.25) is 0 Å². The highest BCUT2D eigenvalue weighted by Gasteiger charge is 2.18. The molecular weight excluding hydrogens is 152 g/mol. The monoisotopic (exact) mass is 164 g/mol. The van der Waals surface area contributed by atoms with Crippen LogP contribution in [0.4, 0.5) is 0 Å². The third-order valence-corrected chi connectivity index (χ3v) is 3.48. The van der Waals surface area contributed by atoms with E-state index in [1.165, 1.54) is 22.4 Å². The Balaban J connectivity index is 2.65. The lowest BCUT2D eigenvalue weighted by Gasteiger charge is -1.96. The zero-order valence-electron chi connectivity index (χ0n) is 7.19. The van der Waals surface area contributed by atoms with Crippen LogP contribution in [-0.2, 0) is 6.42 Å². The van der Waals surface area contributed by atoms with E-state index in [-0.39, 0.29) is 0 Å². The number of fused-ring (bicyclic) bond motifs is 1. The van der Waals surface area contributed by atoms with Gasteiger partial charge in [-0.3, -0.25) is 0 Å². The third kappa shape index (κ3) is 0.875. The first kappa shape index (κ1) is 7.11. The van der Waals surface area contributed by atoms with Crippen LogP contribution in [0.15, 0.2) is 11.0 Å². The molecule has 58 valence electrons. The molecule has 1 aliphatic rings. The highest BCUT2D eigenvalue weighted by Crippen LogP contribution is 2.37. The van der Waals surface area contributed by atoms with Gasteiger partial charge in [0.15, 0.2) is 0 Å². The van der Waals surface area contributed by atoms with Gasteiger partial charge in [0.2, 0.25) is 0 Å². The number of thiophene rings is 1. The van der Waals surface area contributed by atoms with Crippen LogP contribution in [-0.4, -0.2) is 0 Å². The lowest BCUT2D eigenvalue weighted by Crippen LogP contribution is -1.75. The Morgan fingerprint density at radius 1 is 1.27 bits per heavy atom. The fourth-order valence-corrected chi connectivity index (χ4v) is 2.69. The molecule has 0 N–H and O–H groups in total. The highest BCUT2D eigenvalue weighted by molar-refractivity contribution is 7.10. The van der Waals surface area contributed by atoms with Crippen LogP contribution in [0, 0.1) is 6.92 Å². The van der Waals surface area contributed by atoms with E-state index < -0.39 is 0 Å². The largest absolute Gasteiger partial charge is 0.148 e. The van der Waals surface area contributed by atoms with Crippen LogP contribution in [0.3, 0.4) is 0 Å². The molecule has 1 aromatic heterocycles. The third-order valence-electron chi connectivity index (χ3n) is 2.52. The van der Waals surface area contributed by atoms with Gasteiger partial charge in [-0.1, -0.05) is 5.57 Å². The molecule has 0 nitrogen and oxygen atoms in total. The summed E-state index contributed by atoms with van der Waals surface area (Å²) < 4.78 is 0. The van der Waals surface area contributed by atoms with Gasteiger partial charge in [-0.2, -0.15) is 0 Å². The van der Waals surface area contributed by atoms with Crippen molar-refractivity contribution in [3.05, 3.63) is 27.0 Å². The van der Waals surface area contributed by atoms with Crippen molar-refractivity contribution in [3.8, 4) is 0 Å². The van der Waals surface area contributed by atoms with Gasteiger partial charge in [0.05, 0.1) is 0 Å². The van der Waals surface area contributed by atoms with E-state index in [4.69, 9.17) is 0 Å². The smallest absolute Gasteiger partial charge is 0.00921 e. The Labute approximate surface area is 71.6 Å². The zero-order chi connectivity index (χ0) is 8.01. The maximum Gasteiger partial charge on any atom is 0.00921 e. The van der Waals surface area contributed by atoms with Gasteiger partial charge in [-0.05, 0) is 49.3 Å². The van der Waals surface area contributed by atoms with Crippen LogP contribution >= 0.6 is 11.3 Å². The van der Waals surface area contributed by atoms with Crippen molar-refractivity contribution in [3.63, 3.8) is 0 Å². The predicted octanol–water partition coefficient (Wildman–Crippen LogP) is 3.41. The Bertz CT molecular complexity index is 329. The van der Waals surface area contributed by atoms with Crippen molar-refractivity contribution in [2.75, 3.05) is 0 Å². The summed E-state index contributed by atoms with van der Waals surface area (Å²) >= 11 is 1.88. The molecule has 0 atom stereocenters. The summed E-state index contributed by atoms with van der Waals surface area (Å²) in [4.78, 5) is 1.48. The summed E-state index contributed by atoms with van der Waals surface area (Å²) in [6, 6.07) is 0. The molecule has 0 aliphatic heterocycles. The van der Waals surface area contributed by atoms with E-state index in [1.54, 1.807) is 11.1 Å². The molecule has 0 spiro atoms. The van der Waals surface area contributed by atoms with Gasteiger partial charge >= 0.3 is 0 Å². The Hall–Kier alpha value is -0.560. The number of allylic oxidation sites excluding steroid dienone is 2. The lowest BCUT2D eigenvalue weighted by atomic mass is 10.1. The highest BCUT2D eigenvalue weighted by atomic mass is 32.1. The Morgan fingerprint density at radius 3 is 2.64 bits per heavy atom. The predicted molar refractivity (Wildman–Crippen MR) is 51.0 cm³/mol. The number of rotatable bonds is 0. The minimum atomic E-state index is 1.19. The maximum atomic E-state index is 2.30. The van der Waals surface area contributed by atoms with Gasteiger partial charge in [-0.15, -0.1) is 11.3 Å². The normalized spacial score (nSPS) is 15.9. The van der Waals surface area contributed by atoms with E-state index in [9.17, 15) is 0 Å². The zero-order valence-corrected chi connectivity index (χ0v) is 8.01. The maximum absolute atomic E-state index is 2.30. The average molecular weight is 164 g/mol. The van der Waals surface area contributed by atoms with Gasteiger partial charge in [0.25, 0.3) is 0 Å². The lowest BCUT2D eigenvalue weighted by molar-refractivity contribution is 1.20. The molecule has 0 bridgehead atoms. The van der Waals surface area contributed by atoms with Crippen LogP contribution in [0.25, 0.3) is 5.57 Å². The van der Waals surface area contributed by atoms with Crippen LogP contribution < -0.4 is 0 Å². The summed E-state index contributed by atoms with van der Waals surface area (Å²) in [5.74, 6) is 0. The summed E-state index contributed by atoms with van der Waals surface area (Å²) in [5.41, 5.74) is 6.14. The molecule has 1 heterocycles. The van der Waals surface area contributed by atoms with E-state index >= 15 is 0 Å². The van der Waals surface area contributed by atoms with Crippen molar-refractivity contribution < 1.29 is 0 Å². The second-order valence-corrected chi connectivity index (χ2v) is 4.36. The fourth-order valence-electron chi connectivity index (χ4n) is 1.77. The van der Waals surface area contributed by atoms with Gasteiger partial charge < -0.3 is 0 Å². The number of hydrogen-bond acceptors (Lipinski definition) is 1. The van der Waals surface area contributed by atoms with E-state index in [0.717, 1.165) is 0 Å². The van der Waals surface area contributed by atoms with Gasteiger partial charge in [-0.25, -0.2) is 0 Å². The van der Waals surface area contributed by atoms with E-state index in [1.807, 2.05) is 11.3 Å². The molecule has 1 aromatic rings. The molecule has 0 saturated carbocycles. The quantitative estimate of drug-likeness (QED) is 0.551. The second-order valence-electron chi connectivity index (χ2n) is 3.27. The molecule has 0 radical (unpaired) electrons. The summed E-state index contributed by atoms with van der Waals surface area (Å²) in [6.07, 6.45) is 1.19. The Kier molecular flexibility index (Phi) is 1.43. The molecule has 0 fully saturated rings. The second kappa shape index (κ2) is 2.21. The van der Waals surface area contributed by atoms with Gasteiger partial charge in [0.1, 0.15) is 0 Å². The SMILES string of the molecule is CC1=C(C)c2c(csc2C)C1. The fraction of sp³-hybridized carbons (Fsp3) is 0.400. The van der Waals surface area contributed by atoms with E-state index in [0.29, 0.717) is 0 Å². The average Bonchev–Trinajstić information content (AvgIpc) is 2.41. The van der Waals surface area contributed by atoms with Crippen LogP contribution in [0.5, 0.6) is 0 Å². The van der Waals surface area contributed by atoms with Crippen molar-refractivity contribution >= 4 is 16.9 Å². The summed E-state index contributed by atoms with van der Waals surface area (Å²) in [5, 5.41) is 2.30. The molecule has 0 saturated heterocycles. The van der Waals surface area contributed by atoms with Crippen LogP contribution in [0.1, 0.15) is 29.9 Å². The minimum Gasteiger partial charge on any atom is -0.148 e. The molecule has 0 unspecified atom stereocenters. The van der Waals surface area contributed by atoms with Crippen molar-refractivity contribution in [2.45, 2.75) is 27.2 Å². The first-order valence-corrected chi connectivity index (χ1v) is 4.82. The molecule has 1 aliphatic carbocycles. The van der Waals surface area contributed by atoms with Crippen molar-refractivity contribution in [2.24, 2.45) is 0 Å². The van der Waals surface area contributed by atoms with Crippen molar-refractivity contribution in [1.82, 2.24) is 0 Å². The molecule has 0 aromatic carbocycles. The van der Waals surface area contributed by atoms with E-state index in [2.05, 4.69) is 26.2 Å². The van der Waals surface area contributed by atoms with Gasteiger partial charge in [0, 0.05) is 4.88 Å². The molecule has 0 amide bonds. The standard InChI is InChI=1S/C10H12S/c1-6-4-9-5-11-8(3)10(9)7(6)2/h5H,4H2,1-3H3. The minimum absolute atomic E-state index is 1.19. The summed E-state index contributed by atoms with van der Waals surface area (Å²) in [7, 11) is 0. The molecule has 11 heavy (non-hydrogen) atoms. The number of aryl methyl sites for hydroxylation is 1. The topological polar surface area (TPSA) is 0 Å². The first-order chi connectivity index (χ1) is 5.20. The summed E-state index contributed by atoms with van der Waals surface area (Å²) in [6.45, 7) is 6.69. The Morgan fingerprint density at radius 2 is 2.00 bits per heavy atom. The molecule has 2 rings (SSSR count).